The molecular weight excluding hydrogens is 226 g/mol. The van der Waals surface area contributed by atoms with Gasteiger partial charge in [-0.25, -0.2) is 4.79 Å². The van der Waals surface area contributed by atoms with Gasteiger partial charge in [0.2, 0.25) is 0 Å². The molecule has 0 fully saturated rings. The third-order valence-electron chi connectivity index (χ3n) is 3.69. The average molecular weight is 243 g/mol. The van der Waals surface area contributed by atoms with Crippen molar-refractivity contribution in [2.45, 2.75) is 32.2 Å². The molecule has 1 aromatic carbocycles. The van der Waals surface area contributed by atoms with Crippen LogP contribution in [-0.2, 0) is 12.8 Å². The number of carbonyl (C=O) groups is 1. The van der Waals surface area contributed by atoms with Crippen molar-refractivity contribution in [3.8, 4) is 0 Å². The van der Waals surface area contributed by atoms with Gasteiger partial charge in [0.05, 0.1) is 0 Å². The molecule has 3 rings (SSSR count). The van der Waals surface area contributed by atoms with Crippen molar-refractivity contribution in [1.29, 1.82) is 0 Å². The number of rotatable bonds is 1. The van der Waals surface area contributed by atoms with Crippen molar-refractivity contribution in [1.82, 2.24) is 10.3 Å². The molecule has 1 heterocycles. The Morgan fingerprint density at radius 1 is 1.50 bits per heavy atom. The smallest absolute Gasteiger partial charge is 0.312 e. The van der Waals surface area contributed by atoms with Crippen LogP contribution in [0.25, 0.3) is 10.9 Å². The molecule has 2 amide bonds. The van der Waals surface area contributed by atoms with Crippen LogP contribution in [0.15, 0.2) is 18.2 Å². The molecule has 4 heteroatoms. The normalized spacial score (nSPS) is 18.6. The minimum Gasteiger partial charge on any atom is -0.358 e. The summed E-state index contributed by atoms with van der Waals surface area (Å²) in [6, 6.07) is 6.19. The fourth-order valence-electron chi connectivity index (χ4n) is 2.87. The molecule has 0 spiro atoms. The third kappa shape index (κ3) is 1.83. The van der Waals surface area contributed by atoms with Crippen molar-refractivity contribution in [3.63, 3.8) is 0 Å². The number of aryl methyl sites for hydroxylation is 2. The predicted molar refractivity (Wildman–Crippen MR) is 71.6 cm³/mol. The number of benzene rings is 1. The van der Waals surface area contributed by atoms with Gasteiger partial charge < -0.3 is 16.0 Å². The topological polar surface area (TPSA) is 70.9 Å². The maximum Gasteiger partial charge on any atom is 0.312 e. The van der Waals surface area contributed by atoms with E-state index >= 15 is 0 Å². The first-order valence-electron chi connectivity index (χ1n) is 6.29. The van der Waals surface area contributed by atoms with Crippen molar-refractivity contribution >= 4 is 16.9 Å². The zero-order valence-corrected chi connectivity index (χ0v) is 10.4. The monoisotopic (exact) mass is 243 g/mol. The second kappa shape index (κ2) is 4.05. The summed E-state index contributed by atoms with van der Waals surface area (Å²) in [5.41, 5.74) is 10.3. The fraction of sp³-hybridized carbons (Fsp3) is 0.357. The van der Waals surface area contributed by atoms with E-state index in [-0.39, 0.29) is 6.04 Å². The van der Waals surface area contributed by atoms with Gasteiger partial charge >= 0.3 is 6.03 Å². The van der Waals surface area contributed by atoms with Gasteiger partial charge in [0.1, 0.15) is 0 Å². The molecule has 1 unspecified atom stereocenters. The van der Waals surface area contributed by atoms with Gasteiger partial charge in [0, 0.05) is 29.1 Å². The first-order valence-corrected chi connectivity index (χ1v) is 6.29. The average Bonchev–Trinajstić information content (AvgIpc) is 2.65. The standard InChI is InChI=1S/C14H17N3O/c1-8-2-5-12-11(6-8)10-4-3-9(16-14(15)18)7-13(10)17-12/h2,5-6,9,17H,3-4,7H2,1H3,(H3,15,16,18). The molecule has 1 aliphatic rings. The molecule has 0 bridgehead atoms. The Morgan fingerprint density at radius 3 is 3.11 bits per heavy atom. The molecule has 1 aromatic heterocycles. The lowest BCUT2D eigenvalue weighted by molar-refractivity contribution is 0.244. The van der Waals surface area contributed by atoms with Gasteiger partial charge in [0.15, 0.2) is 0 Å². The van der Waals surface area contributed by atoms with Crippen LogP contribution >= 0.6 is 0 Å². The predicted octanol–water partition coefficient (Wildman–Crippen LogP) is 2.00. The van der Waals surface area contributed by atoms with Crippen molar-refractivity contribution in [3.05, 3.63) is 35.0 Å². The highest BCUT2D eigenvalue weighted by Gasteiger charge is 2.22. The van der Waals surface area contributed by atoms with Gasteiger partial charge in [-0.15, -0.1) is 0 Å². The Hall–Kier alpha value is -1.97. The summed E-state index contributed by atoms with van der Waals surface area (Å²) < 4.78 is 0. The quantitative estimate of drug-likeness (QED) is 0.704. The SMILES string of the molecule is Cc1ccc2[nH]c3c(c2c1)CCC(NC(N)=O)C3. The van der Waals surface area contributed by atoms with Crippen LogP contribution in [0, 0.1) is 6.92 Å². The maximum absolute atomic E-state index is 10.9. The number of amides is 2. The fourth-order valence-corrected chi connectivity index (χ4v) is 2.87. The summed E-state index contributed by atoms with van der Waals surface area (Å²) in [6.45, 7) is 2.11. The molecule has 1 atom stereocenters. The van der Waals surface area contributed by atoms with E-state index in [2.05, 4.69) is 35.4 Å². The molecular formula is C14H17N3O. The van der Waals surface area contributed by atoms with E-state index in [1.54, 1.807) is 0 Å². The van der Waals surface area contributed by atoms with Crippen molar-refractivity contribution in [2.75, 3.05) is 0 Å². The van der Waals surface area contributed by atoms with Gasteiger partial charge in [-0.1, -0.05) is 11.6 Å². The molecule has 94 valence electrons. The number of nitrogens with one attached hydrogen (secondary N) is 2. The second-order valence-electron chi connectivity index (χ2n) is 5.08. The van der Waals surface area contributed by atoms with E-state index in [0.717, 1.165) is 19.3 Å². The highest BCUT2D eigenvalue weighted by Crippen LogP contribution is 2.29. The maximum atomic E-state index is 10.9. The number of urea groups is 1. The van der Waals surface area contributed by atoms with E-state index in [4.69, 9.17) is 5.73 Å². The molecule has 0 saturated carbocycles. The summed E-state index contributed by atoms with van der Waals surface area (Å²) in [4.78, 5) is 14.4. The summed E-state index contributed by atoms with van der Waals surface area (Å²) >= 11 is 0. The van der Waals surface area contributed by atoms with E-state index in [1.807, 2.05) is 0 Å². The molecule has 18 heavy (non-hydrogen) atoms. The van der Waals surface area contributed by atoms with Gasteiger partial charge in [-0.2, -0.15) is 0 Å². The van der Waals surface area contributed by atoms with E-state index in [0.29, 0.717) is 0 Å². The number of carbonyl (C=O) groups excluding carboxylic acids is 1. The Balaban J connectivity index is 1.97. The first kappa shape index (κ1) is 11.1. The zero-order chi connectivity index (χ0) is 12.7. The molecule has 0 aliphatic heterocycles. The minimum atomic E-state index is -0.435. The molecule has 0 saturated heterocycles. The highest BCUT2D eigenvalue weighted by molar-refractivity contribution is 5.85. The highest BCUT2D eigenvalue weighted by atomic mass is 16.2. The van der Waals surface area contributed by atoms with Crippen LogP contribution < -0.4 is 11.1 Å². The lowest BCUT2D eigenvalue weighted by Gasteiger charge is -2.22. The largest absolute Gasteiger partial charge is 0.358 e. The number of aromatic nitrogens is 1. The Labute approximate surface area is 106 Å². The van der Waals surface area contributed by atoms with Crippen LogP contribution in [-0.4, -0.2) is 17.1 Å². The van der Waals surface area contributed by atoms with Crippen LogP contribution in [0.1, 0.15) is 23.2 Å². The van der Waals surface area contributed by atoms with Crippen LogP contribution in [0.5, 0.6) is 0 Å². The van der Waals surface area contributed by atoms with Crippen LogP contribution in [0.2, 0.25) is 0 Å². The zero-order valence-electron chi connectivity index (χ0n) is 10.4. The summed E-state index contributed by atoms with van der Waals surface area (Å²) in [6.07, 6.45) is 2.78. The lowest BCUT2D eigenvalue weighted by Crippen LogP contribution is -2.41. The third-order valence-corrected chi connectivity index (χ3v) is 3.69. The number of primary amides is 1. The Morgan fingerprint density at radius 2 is 2.33 bits per heavy atom. The molecule has 4 N–H and O–H groups in total. The number of nitrogens with two attached hydrogens (primary N) is 1. The van der Waals surface area contributed by atoms with E-state index < -0.39 is 6.03 Å². The van der Waals surface area contributed by atoms with E-state index in [9.17, 15) is 4.79 Å². The number of aromatic amines is 1. The summed E-state index contributed by atoms with van der Waals surface area (Å²) in [5, 5.41) is 4.12. The number of fused-ring (bicyclic) bond motifs is 3. The van der Waals surface area contributed by atoms with Gasteiger partial charge in [-0.3, -0.25) is 0 Å². The van der Waals surface area contributed by atoms with Crippen molar-refractivity contribution in [2.24, 2.45) is 5.73 Å². The number of hydrogen-bond acceptors (Lipinski definition) is 1. The number of H-pyrrole nitrogens is 1. The molecule has 1 aliphatic carbocycles. The van der Waals surface area contributed by atoms with Crippen LogP contribution in [0.3, 0.4) is 0 Å². The Bertz CT molecular complexity index is 615. The van der Waals surface area contributed by atoms with Crippen LogP contribution in [0.4, 0.5) is 4.79 Å². The first-order chi connectivity index (χ1) is 8.63. The molecule has 4 nitrogen and oxygen atoms in total. The lowest BCUT2D eigenvalue weighted by atomic mass is 9.91. The molecule has 0 radical (unpaired) electrons. The Kier molecular flexibility index (Phi) is 2.51. The summed E-state index contributed by atoms with van der Waals surface area (Å²) in [5.74, 6) is 0. The molecule has 2 aromatic rings. The minimum absolute atomic E-state index is 0.157. The van der Waals surface area contributed by atoms with Crippen molar-refractivity contribution < 1.29 is 4.79 Å². The summed E-state index contributed by atoms with van der Waals surface area (Å²) in [7, 11) is 0. The number of hydrogen-bond donors (Lipinski definition) is 3. The van der Waals surface area contributed by atoms with E-state index in [1.165, 1.54) is 27.7 Å². The van der Waals surface area contributed by atoms with Gasteiger partial charge in [-0.05, 0) is 37.5 Å². The second-order valence-corrected chi connectivity index (χ2v) is 5.08. The van der Waals surface area contributed by atoms with Gasteiger partial charge in [0.25, 0.3) is 0 Å².